The summed E-state index contributed by atoms with van der Waals surface area (Å²) in [6, 6.07) is 0. The molecule has 1 amide bonds. The minimum absolute atomic E-state index is 0.0722. The van der Waals surface area contributed by atoms with Gasteiger partial charge in [0.05, 0.1) is 0 Å². The number of rotatable bonds is 5. The summed E-state index contributed by atoms with van der Waals surface area (Å²) in [5.74, 6) is -0.170. The average Bonchev–Trinajstić information content (AvgIpc) is 2.24. The van der Waals surface area contributed by atoms with Gasteiger partial charge >= 0.3 is 0 Å². The Morgan fingerprint density at radius 1 is 1.44 bits per heavy atom. The Kier molecular flexibility index (Phi) is 4.74. The van der Waals surface area contributed by atoms with E-state index in [1.54, 1.807) is 27.7 Å². The van der Waals surface area contributed by atoms with Crippen LogP contribution < -0.4 is 11.1 Å². The molecule has 0 aliphatic carbocycles. The van der Waals surface area contributed by atoms with E-state index >= 15 is 0 Å². The molecule has 0 fully saturated rings. The van der Waals surface area contributed by atoms with E-state index in [-0.39, 0.29) is 18.3 Å². The summed E-state index contributed by atoms with van der Waals surface area (Å²) in [5.41, 5.74) is 4.01. The third-order valence-corrected chi connectivity index (χ3v) is 2.55. The molecule has 6 nitrogen and oxygen atoms in total. The van der Waals surface area contributed by atoms with Crippen LogP contribution in [0.4, 0.5) is 0 Å². The predicted molar refractivity (Wildman–Crippen MR) is 61.3 cm³/mol. The van der Waals surface area contributed by atoms with Crippen LogP contribution in [0.25, 0.3) is 0 Å². The van der Waals surface area contributed by atoms with Gasteiger partial charge in [-0.15, -0.1) is 0 Å². The van der Waals surface area contributed by atoms with Crippen molar-refractivity contribution >= 4 is 11.7 Å². The molecule has 0 spiro atoms. The zero-order valence-electron chi connectivity index (χ0n) is 10.5. The molecular formula is C10H21N3O3. The first-order valence-electron chi connectivity index (χ1n) is 4.99. The summed E-state index contributed by atoms with van der Waals surface area (Å²) in [7, 11) is 1.47. The van der Waals surface area contributed by atoms with Crippen molar-refractivity contribution in [2.45, 2.75) is 33.3 Å². The van der Waals surface area contributed by atoms with E-state index in [1.165, 1.54) is 7.11 Å². The van der Waals surface area contributed by atoms with E-state index in [4.69, 9.17) is 15.7 Å². The van der Waals surface area contributed by atoms with E-state index in [0.717, 1.165) is 0 Å². The maximum atomic E-state index is 11.7. The molecular weight excluding hydrogens is 210 g/mol. The lowest BCUT2D eigenvalue weighted by Gasteiger charge is -2.27. The third kappa shape index (κ3) is 3.69. The summed E-state index contributed by atoms with van der Waals surface area (Å²) >= 11 is 0. The Hall–Kier alpha value is -1.30. The van der Waals surface area contributed by atoms with Gasteiger partial charge in [-0.3, -0.25) is 4.79 Å². The smallest absolute Gasteiger partial charge is 0.251 e. The highest BCUT2D eigenvalue weighted by molar-refractivity contribution is 5.88. The second kappa shape index (κ2) is 5.16. The van der Waals surface area contributed by atoms with Gasteiger partial charge < -0.3 is 21.0 Å². The summed E-state index contributed by atoms with van der Waals surface area (Å²) < 4.78 is 5.03. The van der Waals surface area contributed by atoms with Crippen molar-refractivity contribution in [1.82, 2.24) is 5.32 Å². The van der Waals surface area contributed by atoms with Gasteiger partial charge in [-0.1, -0.05) is 19.0 Å². The van der Waals surface area contributed by atoms with E-state index in [0.29, 0.717) is 0 Å². The van der Waals surface area contributed by atoms with Gasteiger partial charge in [0.2, 0.25) is 0 Å². The van der Waals surface area contributed by atoms with E-state index in [9.17, 15) is 4.79 Å². The van der Waals surface area contributed by atoms with Crippen LogP contribution in [0.1, 0.15) is 27.7 Å². The highest BCUT2D eigenvalue weighted by Crippen LogP contribution is 2.14. The second-order valence-corrected chi connectivity index (χ2v) is 4.77. The molecule has 0 saturated heterocycles. The second-order valence-electron chi connectivity index (χ2n) is 4.77. The topological polar surface area (TPSA) is 96.9 Å². The molecule has 4 N–H and O–H groups in total. The molecule has 0 aliphatic rings. The van der Waals surface area contributed by atoms with Gasteiger partial charge in [0, 0.05) is 19.1 Å². The van der Waals surface area contributed by atoms with Gasteiger partial charge in [0.15, 0.2) is 0 Å². The number of hydrogen-bond donors (Lipinski definition) is 3. The summed E-state index contributed by atoms with van der Waals surface area (Å²) in [6.45, 7) is 7.14. The third-order valence-electron chi connectivity index (χ3n) is 2.55. The van der Waals surface area contributed by atoms with Crippen LogP contribution in [0.15, 0.2) is 5.16 Å². The van der Waals surface area contributed by atoms with E-state index in [1.807, 2.05) is 0 Å². The Balaban J connectivity index is 4.42. The molecule has 16 heavy (non-hydrogen) atoms. The fraction of sp³-hybridized carbons (Fsp3) is 0.800. The lowest BCUT2D eigenvalue weighted by molar-refractivity contribution is -0.139. The van der Waals surface area contributed by atoms with Gasteiger partial charge in [-0.2, -0.15) is 0 Å². The minimum Gasteiger partial charge on any atom is -0.409 e. The molecule has 0 aromatic carbocycles. The number of nitrogens with zero attached hydrogens (tertiary/aromatic N) is 1. The number of ether oxygens (including phenoxy) is 1. The lowest BCUT2D eigenvalue weighted by Crippen LogP contribution is -2.49. The quantitative estimate of drug-likeness (QED) is 0.274. The van der Waals surface area contributed by atoms with Crippen LogP contribution in [0.2, 0.25) is 0 Å². The molecule has 0 saturated carbocycles. The zero-order chi connectivity index (χ0) is 13.0. The highest BCUT2D eigenvalue weighted by Gasteiger charge is 2.30. The van der Waals surface area contributed by atoms with Crippen LogP contribution in [0, 0.1) is 5.41 Å². The summed E-state index contributed by atoms with van der Waals surface area (Å²) in [6.07, 6.45) is 0. The van der Waals surface area contributed by atoms with Crippen LogP contribution in [-0.4, -0.2) is 36.2 Å². The first-order chi connectivity index (χ1) is 7.17. The van der Waals surface area contributed by atoms with Gasteiger partial charge in [0.1, 0.15) is 11.4 Å². The van der Waals surface area contributed by atoms with Crippen molar-refractivity contribution in [2.75, 3.05) is 13.7 Å². The molecule has 0 bridgehead atoms. The molecule has 0 aromatic heterocycles. The van der Waals surface area contributed by atoms with Crippen molar-refractivity contribution in [3.63, 3.8) is 0 Å². The summed E-state index contributed by atoms with van der Waals surface area (Å²) in [4.78, 5) is 11.7. The van der Waals surface area contributed by atoms with Crippen molar-refractivity contribution in [3.8, 4) is 0 Å². The lowest BCUT2D eigenvalue weighted by atomic mass is 9.92. The molecule has 0 rings (SSSR count). The van der Waals surface area contributed by atoms with Crippen molar-refractivity contribution < 1.29 is 14.7 Å². The van der Waals surface area contributed by atoms with E-state index in [2.05, 4.69) is 10.5 Å². The number of oxime groups is 1. The molecule has 0 unspecified atom stereocenters. The number of carbonyl (C=O) groups excluding carboxylic acids is 1. The number of nitrogens with two attached hydrogens (primary N) is 1. The monoisotopic (exact) mass is 231 g/mol. The van der Waals surface area contributed by atoms with Gasteiger partial charge in [-0.25, -0.2) is 0 Å². The number of amides is 1. The number of methoxy groups -OCH3 is 1. The zero-order valence-corrected chi connectivity index (χ0v) is 10.5. The SMILES string of the molecule is COC(C)(C)C(=O)NCC(C)(C)C(N)=NO. The van der Waals surface area contributed by atoms with Crippen LogP contribution >= 0.6 is 0 Å². The first-order valence-corrected chi connectivity index (χ1v) is 4.99. The van der Waals surface area contributed by atoms with Crippen LogP contribution in [0.5, 0.6) is 0 Å². The van der Waals surface area contributed by atoms with Crippen molar-refractivity contribution in [2.24, 2.45) is 16.3 Å². The van der Waals surface area contributed by atoms with Crippen molar-refractivity contribution in [1.29, 1.82) is 0 Å². The molecule has 0 radical (unpaired) electrons. The van der Waals surface area contributed by atoms with Gasteiger partial charge in [0.25, 0.3) is 5.91 Å². The number of hydrogen-bond acceptors (Lipinski definition) is 4. The largest absolute Gasteiger partial charge is 0.409 e. The standard InChI is InChI=1S/C10H21N3O3/c1-9(2,7(11)13-15)6-12-8(14)10(3,4)16-5/h15H,6H2,1-5H3,(H2,11,13)(H,12,14). The molecule has 0 atom stereocenters. The summed E-state index contributed by atoms with van der Waals surface area (Å²) in [5, 5.41) is 14.2. The first kappa shape index (κ1) is 14.7. The molecule has 94 valence electrons. The van der Waals surface area contributed by atoms with Crippen LogP contribution in [0.3, 0.4) is 0 Å². The van der Waals surface area contributed by atoms with Crippen LogP contribution in [-0.2, 0) is 9.53 Å². The normalized spacial score (nSPS) is 13.7. The molecule has 6 heteroatoms. The van der Waals surface area contributed by atoms with Gasteiger partial charge in [-0.05, 0) is 13.8 Å². The number of nitrogens with one attached hydrogen (secondary N) is 1. The minimum atomic E-state index is -0.888. The highest BCUT2D eigenvalue weighted by atomic mass is 16.5. The Labute approximate surface area is 95.8 Å². The maximum absolute atomic E-state index is 11.7. The molecule has 0 aliphatic heterocycles. The fourth-order valence-electron chi connectivity index (χ4n) is 0.833. The fourth-order valence-corrected chi connectivity index (χ4v) is 0.833. The predicted octanol–water partition coefficient (Wildman–Crippen LogP) is 0.300. The van der Waals surface area contributed by atoms with E-state index < -0.39 is 11.0 Å². The number of carbonyl (C=O) groups is 1. The van der Waals surface area contributed by atoms with Crippen molar-refractivity contribution in [3.05, 3.63) is 0 Å². The number of amidine groups is 1. The maximum Gasteiger partial charge on any atom is 0.251 e. The Morgan fingerprint density at radius 3 is 2.31 bits per heavy atom. The average molecular weight is 231 g/mol. The molecule has 0 aromatic rings. The Morgan fingerprint density at radius 2 is 1.94 bits per heavy atom. The Bertz CT molecular complexity index is 285. The molecule has 0 heterocycles.